The Morgan fingerprint density at radius 2 is 2.00 bits per heavy atom. The van der Waals surface area contributed by atoms with Crippen molar-refractivity contribution < 1.29 is 9.52 Å². The second-order valence-corrected chi connectivity index (χ2v) is 5.80. The van der Waals surface area contributed by atoms with Crippen LogP contribution in [0.25, 0.3) is 11.3 Å². The molecule has 0 unspecified atom stereocenters. The third-order valence-electron chi connectivity index (χ3n) is 4.33. The number of imidazole rings is 1. The van der Waals surface area contributed by atoms with Gasteiger partial charge in [0, 0.05) is 37.0 Å². The van der Waals surface area contributed by atoms with Crippen molar-refractivity contribution in [3.8, 4) is 11.3 Å². The number of carbonyl (C=O) groups is 1. The minimum Gasteiger partial charge on any atom is -0.619 e. The lowest BCUT2D eigenvalue weighted by Crippen LogP contribution is -2.40. The predicted octanol–water partition coefficient (Wildman–Crippen LogP) is 2.42. The number of amides is 1. The van der Waals surface area contributed by atoms with Crippen molar-refractivity contribution in [1.82, 2.24) is 14.5 Å². The maximum atomic E-state index is 12.5. The van der Waals surface area contributed by atoms with Gasteiger partial charge in [-0.15, -0.1) is 0 Å². The summed E-state index contributed by atoms with van der Waals surface area (Å²) in [4.78, 5) is 18.6. The molecule has 2 heterocycles. The molecule has 1 amide bonds. The highest BCUT2D eigenvalue weighted by Crippen LogP contribution is 2.22. The van der Waals surface area contributed by atoms with E-state index >= 15 is 0 Å². The molecule has 0 saturated heterocycles. The fourth-order valence-corrected chi connectivity index (χ4v) is 2.97. The summed E-state index contributed by atoms with van der Waals surface area (Å²) in [5, 5.41) is 11.1. The molecule has 0 bridgehead atoms. The average Bonchev–Trinajstić information content (AvgIpc) is 3.05. The molecule has 116 valence electrons. The summed E-state index contributed by atoms with van der Waals surface area (Å²) in [5.74, 6) is 0. The minimum absolute atomic E-state index is 0.0551. The Balaban J connectivity index is 1.75. The first-order chi connectivity index (χ1) is 10.6. The van der Waals surface area contributed by atoms with Gasteiger partial charge < -0.3 is 10.1 Å². The number of aromatic nitrogens is 3. The number of rotatable bonds is 2. The van der Waals surface area contributed by atoms with Crippen LogP contribution in [-0.4, -0.2) is 33.6 Å². The normalized spacial score (nSPS) is 15.7. The molecule has 0 N–H and O–H groups in total. The van der Waals surface area contributed by atoms with E-state index in [1.807, 2.05) is 11.9 Å². The summed E-state index contributed by atoms with van der Waals surface area (Å²) in [6, 6.07) is 3.65. The lowest BCUT2D eigenvalue weighted by atomic mass is 9.95. The summed E-state index contributed by atoms with van der Waals surface area (Å²) >= 11 is 0. The van der Waals surface area contributed by atoms with Crippen molar-refractivity contribution in [2.24, 2.45) is 0 Å². The van der Waals surface area contributed by atoms with E-state index in [4.69, 9.17) is 0 Å². The van der Waals surface area contributed by atoms with Crippen molar-refractivity contribution in [2.75, 3.05) is 7.05 Å². The third kappa shape index (κ3) is 2.95. The van der Waals surface area contributed by atoms with Crippen molar-refractivity contribution >= 4 is 6.03 Å². The van der Waals surface area contributed by atoms with Gasteiger partial charge in [0.05, 0.1) is 5.69 Å². The van der Waals surface area contributed by atoms with Crippen LogP contribution >= 0.6 is 0 Å². The predicted molar refractivity (Wildman–Crippen MR) is 82.1 cm³/mol. The molecule has 0 aromatic carbocycles. The highest BCUT2D eigenvalue weighted by molar-refractivity contribution is 5.78. The van der Waals surface area contributed by atoms with E-state index in [1.54, 1.807) is 18.3 Å². The van der Waals surface area contributed by atoms with E-state index in [9.17, 15) is 10.0 Å². The first-order valence-corrected chi connectivity index (χ1v) is 7.65. The number of pyridine rings is 1. The summed E-state index contributed by atoms with van der Waals surface area (Å²) in [7, 11) is 1.86. The Hall–Kier alpha value is -2.37. The highest BCUT2D eigenvalue weighted by atomic mass is 16.5. The van der Waals surface area contributed by atoms with E-state index in [0.29, 0.717) is 11.7 Å². The van der Waals surface area contributed by atoms with Gasteiger partial charge >= 0.3 is 6.03 Å². The molecule has 1 saturated carbocycles. The van der Waals surface area contributed by atoms with Crippen LogP contribution < -0.4 is 4.73 Å². The number of carbonyl (C=O) groups excluding carboxylic acids is 1. The van der Waals surface area contributed by atoms with Crippen LogP contribution in [0.15, 0.2) is 37.1 Å². The largest absolute Gasteiger partial charge is 0.619 e. The maximum Gasteiger partial charge on any atom is 0.329 e. The molecule has 0 radical (unpaired) electrons. The second kappa shape index (κ2) is 6.17. The van der Waals surface area contributed by atoms with Gasteiger partial charge in [-0.05, 0) is 12.8 Å². The van der Waals surface area contributed by atoms with Gasteiger partial charge in [-0.1, -0.05) is 19.3 Å². The van der Waals surface area contributed by atoms with Crippen molar-refractivity contribution in [3.63, 3.8) is 0 Å². The van der Waals surface area contributed by atoms with E-state index < -0.39 is 0 Å². The molecule has 2 aromatic heterocycles. The molecule has 1 aliphatic carbocycles. The lowest BCUT2D eigenvalue weighted by molar-refractivity contribution is -0.605. The SMILES string of the molecule is CN(C(=O)n1cnc(-c2cc[n+]([O-])cc2)c1)C1CCCCC1. The Morgan fingerprint density at radius 3 is 2.68 bits per heavy atom. The Bertz CT molecular complexity index is 644. The number of hydrogen-bond donors (Lipinski definition) is 0. The van der Waals surface area contributed by atoms with Crippen LogP contribution in [0, 0.1) is 5.21 Å². The van der Waals surface area contributed by atoms with Gasteiger partial charge in [0.15, 0.2) is 12.4 Å². The van der Waals surface area contributed by atoms with Gasteiger partial charge in [0.25, 0.3) is 0 Å². The van der Waals surface area contributed by atoms with Crippen molar-refractivity contribution in [1.29, 1.82) is 0 Å². The van der Waals surface area contributed by atoms with E-state index in [-0.39, 0.29) is 6.03 Å². The molecule has 0 spiro atoms. The maximum absolute atomic E-state index is 12.5. The van der Waals surface area contributed by atoms with Crippen LogP contribution in [0.1, 0.15) is 32.1 Å². The molecule has 2 aromatic rings. The highest BCUT2D eigenvalue weighted by Gasteiger charge is 2.23. The molecule has 1 fully saturated rings. The van der Waals surface area contributed by atoms with Gasteiger partial charge in [-0.25, -0.2) is 9.78 Å². The summed E-state index contributed by atoms with van der Waals surface area (Å²) in [6.45, 7) is 0. The van der Waals surface area contributed by atoms with Crippen LogP contribution in [0.3, 0.4) is 0 Å². The Morgan fingerprint density at radius 1 is 1.32 bits per heavy atom. The van der Waals surface area contributed by atoms with Gasteiger partial charge in [0.2, 0.25) is 0 Å². The smallest absolute Gasteiger partial charge is 0.329 e. The molecule has 3 rings (SSSR count). The van der Waals surface area contributed by atoms with Crippen LogP contribution in [-0.2, 0) is 0 Å². The zero-order valence-electron chi connectivity index (χ0n) is 12.7. The molecule has 0 aliphatic heterocycles. The monoisotopic (exact) mass is 300 g/mol. The molecule has 6 nitrogen and oxygen atoms in total. The van der Waals surface area contributed by atoms with Gasteiger partial charge in [0.1, 0.15) is 6.33 Å². The zero-order chi connectivity index (χ0) is 15.5. The van der Waals surface area contributed by atoms with Crippen LogP contribution in [0.4, 0.5) is 4.79 Å². The van der Waals surface area contributed by atoms with Gasteiger partial charge in [-0.2, -0.15) is 4.73 Å². The molecule has 6 heteroatoms. The fourth-order valence-electron chi connectivity index (χ4n) is 2.97. The minimum atomic E-state index is -0.0551. The number of nitrogens with zero attached hydrogens (tertiary/aromatic N) is 4. The van der Waals surface area contributed by atoms with Gasteiger partial charge in [-0.3, -0.25) is 4.57 Å². The van der Waals surface area contributed by atoms with E-state index in [1.165, 1.54) is 42.6 Å². The quantitative estimate of drug-likeness (QED) is 0.632. The Labute approximate surface area is 129 Å². The standard InChI is InChI=1S/C16H20N4O2/c1-18(14-5-3-2-4-6-14)16(21)19-11-15(17-12-19)13-7-9-20(22)10-8-13/h7-12,14H,2-6H2,1H3. The Kier molecular flexibility index (Phi) is 4.09. The first kappa shape index (κ1) is 14.6. The van der Waals surface area contributed by atoms with Crippen LogP contribution in [0.5, 0.6) is 0 Å². The molecule has 22 heavy (non-hydrogen) atoms. The van der Waals surface area contributed by atoms with E-state index in [0.717, 1.165) is 23.1 Å². The molecular weight excluding hydrogens is 280 g/mol. The average molecular weight is 300 g/mol. The lowest BCUT2D eigenvalue weighted by Gasteiger charge is -2.31. The van der Waals surface area contributed by atoms with Crippen molar-refractivity contribution in [3.05, 3.63) is 42.3 Å². The molecule has 0 atom stereocenters. The molecular formula is C16H20N4O2. The number of hydrogen-bond acceptors (Lipinski definition) is 3. The molecule has 1 aliphatic rings. The fraction of sp³-hybridized carbons (Fsp3) is 0.438. The first-order valence-electron chi connectivity index (χ1n) is 7.65. The van der Waals surface area contributed by atoms with E-state index in [2.05, 4.69) is 4.98 Å². The summed E-state index contributed by atoms with van der Waals surface area (Å²) in [5.41, 5.74) is 1.50. The topological polar surface area (TPSA) is 65.1 Å². The summed E-state index contributed by atoms with van der Waals surface area (Å²) in [6.07, 6.45) is 11.9. The zero-order valence-corrected chi connectivity index (χ0v) is 12.7. The third-order valence-corrected chi connectivity index (χ3v) is 4.33. The van der Waals surface area contributed by atoms with Crippen LogP contribution in [0.2, 0.25) is 0 Å². The second-order valence-electron chi connectivity index (χ2n) is 5.80. The summed E-state index contributed by atoms with van der Waals surface area (Å²) < 4.78 is 2.24. The van der Waals surface area contributed by atoms with Crippen molar-refractivity contribution in [2.45, 2.75) is 38.1 Å².